The van der Waals surface area contributed by atoms with E-state index in [4.69, 9.17) is 4.89 Å². The molecule has 134 valence electrons. The molecule has 0 amide bonds. The maximum Gasteiger partial charge on any atom is 0.694 e. The molecule has 0 aromatic rings. The van der Waals surface area contributed by atoms with Crippen molar-refractivity contribution in [3.8, 4) is 0 Å². The summed E-state index contributed by atoms with van der Waals surface area (Å²) in [6, 6.07) is 0. The SMILES string of the molecule is CCCCCCCC/C=C\CCCCCCCCO[P+](=O)O.[Nd]. The maximum atomic E-state index is 10.3. The van der Waals surface area contributed by atoms with Crippen LogP contribution in [-0.2, 0) is 9.09 Å². The zero-order valence-corrected chi connectivity index (χ0v) is 19.1. The van der Waals surface area contributed by atoms with Crippen LogP contribution in [0.4, 0.5) is 0 Å². The average Bonchev–Trinajstić information content (AvgIpc) is 2.50. The summed E-state index contributed by atoms with van der Waals surface area (Å²) in [6.07, 6.45) is 22.4. The summed E-state index contributed by atoms with van der Waals surface area (Å²) in [5.41, 5.74) is 0. The van der Waals surface area contributed by atoms with Crippen LogP contribution in [-0.4, -0.2) is 11.5 Å². The van der Waals surface area contributed by atoms with Crippen molar-refractivity contribution in [1.29, 1.82) is 0 Å². The third-order valence-electron chi connectivity index (χ3n) is 3.86. The number of rotatable bonds is 17. The molecule has 1 N–H and O–H groups in total. The summed E-state index contributed by atoms with van der Waals surface area (Å²) in [5, 5.41) is 0. The van der Waals surface area contributed by atoms with E-state index < -0.39 is 8.25 Å². The minimum atomic E-state index is -2.40. The van der Waals surface area contributed by atoms with Crippen LogP contribution in [0.2, 0.25) is 0 Å². The fourth-order valence-corrected chi connectivity index (χ4v) is 2.78. The van der Waals surface area contributed by atoms with E-state index >= 15 is 0 Å². The van der Waals surface area contributed by atoms with Crippen LogP contribution in [0.1, 0.15) is 96.8 Å². The minimum absolute atomic E-state index is 0. The van der Waals surface area contributed by atoms with Gasteiger partial charge in [-0.3, -0.25) is 0 Å². The van der Waals surface area contributed by atoms with Gasteiger partial charge in [0.2, 0.25) is 0 Å². The molecule has 0 saturated heterocycles. The van der Waals surface area contributed by atoms with Crippen molar-refractivity contribution in [3.63, 3.8) is 0 Å². The Morgan fingerprint density at radius 1 is 0.783 bits per heavy atom. The zero-order chi connectivity index (χ0) is 16.3. The van der Waals surface area contributed by atoms with E-state index in [1.54, 1.807) is 0 Å². The fraction of sp³-hybridized carbons (Fsp3) is 0.889. The molecule has 23 heavy (non-hydrogen) atoms. The average molecular weight is 476 g/mol. The maximum absolute atomic E-state index is 10.3. The Balaban J connectivity index is 0. The first-order chi connectivity index (χ1) is 10.8. The van der Waals surface area contributed by atoms with E-state index in [1.807, 2.05) is 0 Å². The van der Waals surface area contributed by atoms with Gasteiger partial charge in [-0.05, 0) is 32.1 Å². The molecule has 0 heterocycles. The molecule has 0 aliphatic carbocycles. The molecule has 0 radical (unpaired) electrons. The van der Waals surface area contributed by atoms with E-state index in [1.165, 1.54) is 77.0 Å². The number of hydrogen-bond acceptors (Lipinski definition) is 2. The summed E-state index contributed by atoms with van der Waals surface area (Å²) in [6.45, 7) is 2.67. The van der Waals surface area contributed by atoms with Crippen LogP contribution in [0, 0.1) is 40.8 Å². The minimum Gasteiger partial charge on any atom is -0.133 e. The first kappa shape index (κ1) is 26.3. The van der Waals surface area contributed by atoms with Gasteiger partial charge in [-0.25, -0.2) is 0 Å². The van der Waals surface area contributed by atoms with Crippen LogP contribution >= 0.6 is 8.25 Å². The molecule has 0 fully saturated rings. The van der Waals surface area contributed by atoms with Crippen LogP contribution in [0.15, 0.2) is 12.2 Å². The molecule has 0 rings (SSSR count). The van der Waals surface area contributed by atoms with E-state index in [9.17, 15) is 4.57 Å². The van der Waals surface area contributed by atoms with Crippen molar-refractivity contribution in [3.05, 3.63) is 12.2 Å². The predicted molar refractivity (Wildman–Crippen MR) is 95.2 cm³/mol. The monoisotopic (exact) mass is 473 g/mol. The summed E-state index contributed by atoms with van der Waals surface area (Å²) in [7, 11) is -2.40. The Morgan fingerprint density at radius 3 is 1.70 bits per heavy atom. The normalized spacial score (nSPS) is 11.7. The first-order valence-electron chi connectivity index (χ1n) is 9.21. The van der Waals surface area contributed by atoms with Gasteiger partial charge < -0.3 is 0 Å². The zero-order valence-electron chi connectivity index (χ0n) is 15.0. The van der Waals surface area contributed by atoms with Crippen molar-refractivity contribution in [2.75, 3.05) is 6.61 Å². The molecule has 0 bridgehead atoms. The molecular weight excluding hydrogens is 439 g/mol. The van der Waals surface area contributed by atoms with Gasteiger partial charge in [0.25, 0.3) is 0 Å². The van der Waals surface area contributed by atoms with E-state index in [0.29, 0.717) is 6.61 Å². The third-order valence-corrected chi connectivity index (χ3v) is 4.26. The van der Waals surface area contributed by atoms with Gasteiger partial charge in [0.15, 0.2) is 0 Å². The molecule has 0 aromatic heterocycles. The second-order valence-corrected chi connectivity index (χ2v) is 6.74. The van der Waals surface area contributed by atoms with Crippen LogP contribution in [0.3, 0.4) is 0 Å². The van der Waals surface area contributed by atoms with Gasteiger partial charge in [0.05, 0.1) is 0 Å². The molecule has 3 nitrogen and oxygen atoms in total. The quantitative estimate of drug-likeness (QED) is 0.145. The largest absolute Gasteiger partial charge is 0.694 e. The van der Waals surface area contributed by atoms with E-state index in [-0.39, 0.29) is 40.8 Å². The van der Waals surface area contributed by atoms with Gasteiger partial charge in [-0.1, -0.05) is 76.9 Å². The standard InChI is InChI=1S/C18H35O3P.Nd/c1-2-3-4-5-6-7-8-9-10-11-12-13-14-15-16-17-18-21-22(19)20;/h9-10H,2-8,11-18H2,1H3;/p+1/b10-9-;. The number of hydrogen-bond donors (Lipinski definition) is 1. The second kappa shape index (κ2) is 23.1. The van der Waals surface area contributed by atoms with Crippen molar-refractivity contribution in [2.24, 2.45) is 0 Å². The van der Waals surface area contributed by atoms with Gasteiger partial charge in [-0.15, -0.1) is 9.42 Å². The molecule has 0 aliphatic rings. The van der Waals surface area contributed by atoms with Crippen LogP contribution in [0.5, 0.6) is 0 Å². The Hall–Kier alpha value is 1.11. The second-order valence-electron chi connectivity index (χ2n) is 6.01. The summed E-state index contributed by atoms with van der Waals surface area (Å²) < 4.78 is 14.9. The van der Waals surface area contributed by atoms with Gasteiger partial charge in [0, 0.05) is 45.4 Å². The van der Waals surface area contributed by atoms with Crippen molar-refractivity contribution in [1.82, 2.24) is 0 Å². The van der Waals surface area contributed by atoms with Crippen molar-refractivity contribution < 1.29 is 54.8 Å². The number of unbranched alkanes of at least 4 members (excludes halogenated alkanes) is 12. The Bertz CT molecular complexity index is 273. The Morgan fingerprint density at radius 2 is 1.22 bits per heavy atom. The Labute approximate surface area is 177 Å². The molecule has 0 aliphatic heterocycles. The molecule has 0 spiro atoms. The fourth-order valence-electron chi connectivity index (χ4n) is 2.49. The first-order valence-corrected chi connectivity index (χ1v) is 10.3. The summed E-state index contributed by atoms with van der Waals surface area (Å²) in [5.74, 6) is 0. The third kappa shape index (κ3) is 25.5. The molecule has 0 aromatic carbocycles. The smallest absolute Gasteiger partial charge is 0.133 e. The van der Waals surface area contributed by atoms with Gasteiger partial charge in [0.1, 0.15) is 6.61 Å². The molecule has 0 saturated carbocycles. The molecule has 5 heteroatoms. The summed E-state index contributed by atoms with van der Waals surface area (Å²) in [4.78, 5) is 8.46. The Kier molecular flexibility index (Phi) is 26.5. The van der Waals surface area contributed by atoms with Crippen molar-refractivity contribution in [2.45, 2.75) is 96.8 Å². The van der Waals surface area contributed by atoms with E-state index in [0.717, 1.165) is 12.8 Å². The van der Waals surface area contributed by atoms with Gasteiger partial charge >= 0.3 is 8.25 Å². The molecular formula is C18H36NdO3P+. The molecule has 1 unspecified atom stereocenters. The predicted octanol–water partition coefficient (Wildman–Crippen LogP) is 6.69. The number of allylic oxidation sites excluding steroid dienone is 2. The van der Waals surface area contributed by atoms with Crippen LogP contribution < -0.4 is 0 Å². The topological polar surface area (TPSA) is 46.5 Å². The van der Waals surface area contributed by atoms with E-state index in [2.05, 4.69) is 23.6 Å². The molecule has 1 atom stereocenters. The van der Waals surface area contributed by atoms with Gasteiger partial charge in [-0.2, -0.15) is 0 Å². The van der Waals surface area contributed by atoms with Crippen molar-refractivity contribution >= 4 is 8.25 Å². The van der Waals surface area contributed by atoms with Crippen LogP contribution in [0.25, 0.3) is 0 Å². The summed E-state index contributed by atoms with van der Waals surface area (Å²) >= 11 is 0.